The molecule has 2 N–H and O–H groups in total. The van der Waals surface area contributed by atoms with Gasteiger partial charge in [-0.05, 0) is 87.3 Å². The first-order valence-corrected chi connectivity index (χ1v) is 11.8. The lowest BCUT2D eigenvalue weighted by molar-refractivity contribution is -0.124. The summed E-state index contributed by atoms with van der Waals surface area (Å²) in [4.78, 5) is 24.8. The molecule has 1 aromatic carbocycles. The molecule has 4 bridgehead atoms. The summed E-state index contributed by atoms with van der Waals surface area (Å²) in [5, 5.41) is 6.05. The minimum absolute atomic E-state index is 0.0725. The van der Waals surface area contributed by atoms with E-state index < -0.39 is 10.8 Å². The van der Waals surface area contributed by atoms with Gasteiger partial charge in [-0.25, -0.2) is 0 Å². The number of benzene rings is 1. The molecule has 1 atom stereocenters. The Kier molecular flexibility index (Phi) is 5.34. The first-order chi connectivity index (χ1) is 13.3. The molecule has 0 unspecified atom stereocenters. The second kappa shape index (κ2) is 7.62. The summed E-state index contributed by atoms with van der Waals surface area (Å²) in [5.74, 6) is 1.53. The van der Waals surface area contributed by atoms with E-state index >= 15 is 0 Å². The van der Waals surface area contributed by atoms with Crippen molar-refractivity contribution in [2.45, 2.75) is 57.9 Å². The number of aryl methyl sites for hydroxylation is 1. The van der Waals surface area contributed by atoms with E-state index in [0.717, 1.165) is 53.8 Å². The maximum Gasteiger partial charge on any atom is 0.237 e. The van der Waals surface area contributed by atoms with E-state index in [1.165, 1.54) is 19.3 Å². The predicted molar refractivity (Wildman–Crippen MR) is 111 cm³/mol. The number of rotatable bonds is 6. The maximum atomic E-state index is 12.5. The Labute approximate surface area is 169 Å². The van der Waals surface area contributed by atoms with Crippen molar-refractivity contribution in [3.05, 3.63) is 29.3 Å². The molecular formula is C22H30N2O3S. The fraction of sp³-hybridized carbons (Fsp3) is 0.636. The summed E-state index contributed by atoms with van der Waals surface area (Å²) >= 11 is 0. The predicted octanol–water partition coefficient (Wildman–Crippen LogP) is 3.08. The van der Waals surface area contributed by atoms with Crippen LogP contribution in [0.4, 0.5) is 5.69 Å². The summed E-state index contributed by atoms with van der Waals surface area (Å²) in [6.07, 6.45) is 7.18. The minimum atomic E-state index is -1.50. The van der Waals surface area contributed by atoms with Crippen LogP contribution in [-0.2, 0) is 20.4 Å². The van der Waals surface area contributed by atoms with E-state index in [4.69, 9.17) is 0 Å². The second-order valence-electron chi connectivity index (χ2n) is 9.27. The molecule has 5 nitrogen and oxygen atoms in total. The lowest BCUT2D eigenvalue weighted by Crippen LogP contribution is -2.60. The van der Waals surface area contributed by atoms with Crippen LogP contribution in [0.1, 0.15) is 49.7 Å². The van der Waals surface area contributed by atoms with Crippen LogP contribution >= 0.6 is 0 Å². The van der Waals surface area contributed by atoms with Crippen molar-refractivity contribution in [2.24, 2.45) is 17.8 Å². The quantitative estimate of drug-likeness (QED) is 0.768. The summed E-state index contributed by atoms with van der Waals surface area (Å²) in [7, 11) is -1.50. The van der Waals surface area contributed by atoms with Crippen molar-refractivity contribution in [1.82, 2.24) is 5.32 Å². The molecule has 0 spiro atoms. The first-order valence-electron chi connectivity index (χ1n) is 10.3. The first kappa shape index (κ1) is 19.6. The summed E-state index contributed by atoms with van der Waals surface area (Å²) < 4.78 is 12.4. The van der Waals surface area contributed by atoms with Gasteiger partial charge in [-0.2, -0.15) is 0 Å². The number of hydrogen-bond donors (Lipinski definition) is 2. The third-order valence-corrected chi connectivity index (χ3v) is 8.07. The van der Waals surface area contributed by atoms with Crippen molar-refractivity contribution in [3.63, 3.8) is 0 Å². The molecule has 4 fully saturated rings. The third-order valence-electron chi connectivity index (χ3n) is 6.91. The zero-order valence-corrected chi connectivity index (χ0v) is 17.6. The molecule has 4 aliphatic rings. The Hall–Kier alpha value is -1.69. The van der Waals surface area contributed by atoms with Gasteiger partial charge in [0.1, 0.15) is 11.5 Å². The zero-order valence-electron chi connectivity index (χ0n) is 16.8. The number of amides is 2. The van der Waals surface area contributed by atoms with Gasteiger partial charge in [-0.3, -0.25) is 13.8 Å². The number of carbonyl (C=O) groups is 2. The molecule has 4 saturated carbocycles. The molecule has 0 heterocycles. The van der Waals surface area contributed by atoms with Crippen LogP contribution < -0.4 is 10.6 Å². The largest absolute Gasteiger partial charge is 0.350 e. The van der Waals surface area contributed by atoms with Gasteiger partial charge in [-0.15, -0.1) is 0 Å². The Morgan fingerprint density at radius 2 is 1.57 bits per heavy atom. The van der Waals surface area contributed by atoms with Crippen LogP contribution in [0.2, 0.25) is 0 Å². The lowest BCUT2D eigenvalue weighted by Gasteiger charge is -2.56. The van der Waals surface area contributed by atoms with Crippen LogP contribution in [0.3, 0.4) is 0 Å². The highest BCUT2D eigenvalue weighted by Gasteiger charge is 2.51. The van der Waals surface area contributed by atoms with Crippen LogP contribution in [0, 0.1) is 31.6 Å². The van der Waals surface area contributed by atoms with Gasteiger partial charge in [0.25, 0.3) is 0 Å². The highest BCUT2D eigenvalue weighted by Crippen LogP contribution is 2.55. The van der Waals surface area contributed by atoms with E-state index in [1.54, 1.807) is 0 Å². The summed E-state index contributed by atoms with van der Waals surface area (Å²) in [5.41, 5.74) is 2.76. The van der Waals surface area contributed by atoms with E-state index in [0.29, 0.717) is 0 Å². The Morgan fingerprint density at radius 1 is 1.00 bits per heavy atom. The number of hydrogen-bond acceptors (Lipinski definition) is 3. The second-order valence-corrected chi connectivity index (χ2v) is 10.7. The molecule has 152 valence electrons. The van der Waals surface area contributed by atoms with Crippen molar-refractivity contribution >= 4 is 28.3 Å². The van der Waals surface area contributed by atoms with Crippen LogP contribution in [0.15, 0.2) is 18.2 Å². The Morgan fingerprint density at radius 3 is 2.18 bits per heavy atom. The number of nitrogens with one attached hydrogen (secondary N) is 2. The van der Waals surface area contributed by atoms with Gasteiger partial charge in [0.15, 0.2) is 0 Å². The fourth-order valence-corrected chi connectivity index (χ4v) is 6.84. The normalized spacial score (nSPS) is 31.4. The molecule has 4 aliphatic carbocycles. The standard InChI is InChI=1S/C22H30N2O3S/c1-14-4-3-5-19(15(14)2)23-20(25)12-28(27)13-21(26)24-22-9-16-6-17(10-22)8-18(7-16)11-22/h3-5,16-18H,6-13H2,1-2H3,(H,23,25)(H,24,26)/t16?,17?,18?,22?,28-/m0/s1. The molecule has 0 saturated heterocycles. The Bertz CT molecular complexity index is 785. The lowest BCUT2D eigenvalue weighted by atomic mass is 9.53. The molecule has 1 aromatic rings. The van der Waals surface area contributed by atoms with Crippen molar-refractivity contribution in [3.8, 4) is 0 Å². The monoisotopic (exact) mass is 402 g/mol. The van der Waals surface area contributed by atoms with Gasteiger partial charge < -0.3 is 10.6 Å². The summed E-state index contributed by atoms with van der Waals surface area (Å²) in [6.45, 7) is 3.93. The van der Waals surface area contributed by atoms with Gasteiger partial charge in [0.05, 0.1) is 0 Å². The van der Waals surface area contributed by atoms with E-state index in [9.17, 15) is 13.8 Å². The van der Waals surface area contributed by atoms with Gasteiger partial charge >= 0.3 is 0 Å². The average Bonchev–Trinajstić information content (AvgIpc) is 2.56. The third kappa shape index (κ3) is 4.17. The molecule has 0 aliphatic heterocycles. The molecular weight excluding hydrogens is 372 g/mol. The van der Waals surface area contributed by atoms with Crippen LogP contribution in [0.5, 0.6) is 0 Å². The minimum Gasteiger partial charge on any atom is -0.350 e. The zero-order chi connectivity index (χ0) is 19.9. The fourth-order valence-electron chi connectivity index (χ4n) is 6.01. The number of carbonyl (C=O) groups excluding carboxylic acids is 2. The highest BCUT2D eigenvalue weighted by molar-refractivity contribution is 7.86. The SMILES string of the molecule is Cc1cccc(NC(=O)C[S@](=O)CC(=O)NC23CC4CC(CC(C4)C2)C3)c1C. The van der Waals surface area contributed by atoms with E-state index in [1.807, 2.05) is 32.0 Å². The molecule has 0 aromatic heterocycles. The van der Waals surface area contributed by atoms with Gasteiger partial charge in [0, 0.05) is 22.0 Å². The van der Waals surface area contributed by atoms with Crippen LogP contribution in [0.25, 0.3) is 0 Å². The molecule has 5 rings (SSSR count). The smallest absolute Gasteiger partial charge is 0.237 e. The molecule has 28 heavy (non-hydrogen) atoms. The van der Waals surface area contributed by atoms with Crippen LogP contribution in [-0.4, -0.2) is 33.1 Å². The Balaban J connectivity index is 1.28. The number of anilines is 1. The summed E-state index contributed by atoms with van der Waals surface area (Å²) in [6, 6.07) is 5.70. The van der Waals surface area contributed by atoms with Gasteiger partial charge in [0.2, 0.25) is 11.8 Å². The average molecular weight is 403 g/mol. The molecule has 6 heteroatoms. The van der Waals surface area contributed by atoms with Crippen molar-refractivity contribution in [1.29, 1.82) is 0 Å². The molecule has 0 radical (unpaired) electrons. The maximum absolute atomic E-state index is 12.5. The van der Waals surface area contributed by atoms with E-state index in [2.05, 4.69) is 10.6 Å². The van der Waals surface area contributed by atoms with Crippen molar-refractivity contribution < 1.29 is 13.8 Å². The topological polar surface area (TPSA) is 75.3 Å². The molecule has 2 amide bonds. The highest BCUT2D eigenvalue weighted by atomic mass is 32.2. The van der Waals surface area contributed by atoms with Crippen molar-refractivity contribution in [2.75, 3.05) is 16.8 Å². The van der Waals surface area contributed by atoms with E-state index in [-0.39, 0.29) is 28.9 Å². The van der Waals surface area contributed by atoms with Gasteiger partial charge in [-0.1, -0.05) is 12.1 Å².